The van der Waals surface area contributed by atoms with Crippen molar-refractivity contribution in [3.05, 3.63) is 68.6 Å². The van der Waals surface area contributed by atoms with Crippen LogP contribution < -0.4 is 10.3 Å². The first-order valence-corrected chi connectivity index (χ1v) is 8.79. The van der Waals surface area contributed by atoms with Crippen LogP contribution in [-0.4, -0.2) is 15.7 Å². The second kappa shape index (κ2) is 7.48. The molecule has 0 amide bonds. The van der Waals surface area contributed by atoms with E-state index in [0.717, 1.165) is 0 Å². The number of carbonyl (C=O) groups excluding carboxylic acids is 1. The first kappa shape index (κ1) is 18.4. The quantitative estimate of drug-likeness (QED) is 0.483. The van der Waals surface area contributed by atoms with Crippen molar-refractivity contribution >= 4 is 39.9 Å². The maximum Gasteiger partial charge on any atom is 0.364 e. The highest BCUT2D eigenvalue weighted by Crippen LogP contribution is 2.28. The summed E-state index contributed by atoms with van der Waals surface area (Å²) in [6, 6.07) is 11.4. The van der Waals surface area contributed by atoms with E-state index < -0.39 is 5.97 Å². The summed E-state index contributed by atoms with van der Waals surface area (Å²) in [7, 11) is 0. The first-order chi connectivity index (χ1) is 12.4. The number of carbonyl (C=O) groups is 1. The zero-order valence-electron chi connectivity index (χ0n) is 14.2. The molecule has 0 spiro atoms. The molecule has 0 unspecified atom stereocenters. The highest BCUT2D eigenvalue weighted by Gasteiger charge is 2.20. The Bertz CT molecular complexity index is 1040. The van der Waals surface area contributed by atoms with Gasteiger partial charge in [-0.25, -0.2) is 9.48 Å². The van der Waals surface area contributed by atoms with Crippen molar-refractivity contribution in [2.75, 3.05) is 0 Å². The van der Waals surface area contributed by atoms with Crippen LogP contribution >= 0.6 is 23.2 Å². The van der Waals surface area contributed by atoms with Gasteiger partial charge in [-0.05, 0) is 30.2 Å². The molecular formula is C19H16Cl2N2O3. The minimum absolute atomic E-state index is 0.0619. The number of hydrogen-bond donors (Lipinski definition) is 0. The van der Waals surface area contributed by atoms with Gasteiger partial charge in [0, 0.05) is 17.0 Å². The third-order valence-electron chi connectivity index (χ3n) is 3.70. The van der Waals surface area contributed by atoms with Gasteiger partial charge in [0.15, 0.2) is 5.69 Å². The Labute approximate surface area is 160 Å². The van der Waals surface area contributed by atoms with E-state index in [9.17, 15) is 9.59 Å². The third kappa shape index (κ3) is 3.74. The summed E-state index contributed by atoms with van der Waals surface area (Å²) in [5.74, 6) is -0.326. The highest BCUT2D eigenvalue weighted by molar-refractivity contribution is 6.35. The molecule has 2 aromatic carbocycles. The van der Waals surface area contributed by atoms with Crippen LogP contribution in [0.15, 0.2) is 47.3 Å². The number of fused-ring (bicyclic) bond motifs is 1. The van der Waals surface area contributed by atoms with Crippen LogP contribution in [0.25, 0.3) is 10.8 Å². The lowest BCUT2D eigenvalue weighted by Crippen LogP contribution is -2.28. The monoisotopic (exact) mass is 390 g/mol. The van der Waals surface area contributed by atoms with Crippen molar-refractivity contribution in [2.24, 2.45) is 5.92 Å². The van der Waals surface area contributed by atoms with Crippen molar-refractivity contribution < 1.29 is 9.53 Å². The summed E-state index contributed by atoms with van der Waals surface area (Å²) >= 11 is 11.9. The van der Waals surface area contributed by atoms with Crippen LogP contribution in [0.3, 0.4) is 0 Å². The zero-order chi connectivity index (χ0) is 18.8. The number of halogens is 2. The number of benzene rings is 2. The van der Waals surface area contributed by atoms with Crippen molar-refractivity contribution in [1.29, 1.82) is 0 Å². The lowest BCUT2D eigenvalue weighted by molar-refractivity contribution is 0.0728. The van der Waals surface area contributed by atoms with Gasteiger partial charge in [0.25, 0.3) is 5.56 Å². The molecule has 0 saturated heterocycles. The van der Waals surface area contributed by atoms with Gasteiger partial charge in [0.1, 0.15) is 5.75 Å². The highest BCUT2D eigenvalue weighted by atomic mass is 35.5. The van der Waals surface area contributed by atoms with Gasteiger partial charge in [0.2, 0.25) is 0 Å². The standard InChI is InChI=1S/C19H16Cl2N2O3/c1-11(2)10-23-18(24)14-6-4-3-5-13(14)17(22-23)19(25)26-16-8-7-12(20)9-15(16)21/h3-9,11H,10H2,1-2H3. The van der Waals surface area contributed by atoms with Gasteiger partial charge in [0.05, 0.1) is 10.4 Å². The summed E-state index contributed by atoms with van der Waals surface area (Å²) < 4.78 is 6.69. The van der Waals surface area contributed by atoms with Crippen LogP contribution in [0.2, 0.25) is 10.0 Å². The Morgan fingerprint density at radius 2 is 1.85 bits per heavy atom. The lowest BCUT2D eigenvalue weighted by atomic mass is 10.1. The van der Waals surface area contributed by atoms with E-state index in [0.29, 0.717) is 22.3 Å². The van der Waals surface area contributed by atoms with Gasteiger partial charge < -0.3 is 4.74 Å². The summed E-state index contributed by atoms with van der Waals surface area (Å²) in [6.45, 7) is 4.33. The van der Waals surface area contributed by atoms with Crippen molar-refractivity contribution in [3.8, 4) is 5.75 Å². The van der Waals surface area contributed by atoms with E-state index in [1.54, 1.807) is 30.3 Å². The van der Waals surface area contributed by atoms with E-state index in [1.807, 2.05) is 13.8 Å². The number of esters is 1. The molecule has 0 fully saturated rings. The number of rotatable bonds is 4. The van der Waals surface area contributed by atoms with Crippen LogP contribution in [0.5, 0.6) is 5.75 Å². The van der Waals surface area contributed by atoms with Crippen LogP contribution in [0, 0.1) is 5.92 Å². The second-order valence-corrected chi connectivity index (χ2v) is 7.08. The number of aromatic nitrogens is 2. The average Bonchev–Trinajstić information content (AvgIpc) is 2.59. The molecule has 1 aromatic heterocycles. The second-order valence-electron chi connectivity index (χ2n) is 6.24. The molecule has 3 rings (SSSR count). The molecule has 0 N–H and O–H groups in total. The van der Waals surface area contributed by atoms with Crippen LogP contribution in [0.4, 0.5) is 0 Å². The van der Waals surface area contributed by atoms with E-state index in [4.69, 9.17) is 27.9 Å². The Kier molecular flexibility index (Phi) is 5.30. The molecule has 3 aromatic rings. The summed E-state index contributed by atoms with van der Waals surface area (Å²) in [5, 5.41) is 5.74. The van der Waals surface area contributed by atoms with Gasteiger partial charge in [-0.3, -0.25) is 4.79 Å². The fourth-order valence-corrected chi connectivity index (χ4v) is 3.01. The van der Waals surface area contributed by atoms with Gasteiger partial charge in [-0.1, -0.05) is 55.2 Å². The summed E-state index contributed by atoms with van der Waals surface area (Å²) in [6.07, 6.45) is 0. The molecule has 0 aliphatic heterocycles. The van der Waals surface area contributed by atoms with Crippen molar-refractivity contribution in [1.82, 2.24) is 9.78 Å². The van der Waals surface area contributed by atoms with Crippen molar-refractivity contribution in [3.63, 3.8) is 0 Å². The van der Waals surface area contributed by atoms with Crippen LogP contribution in [0.1, 0.15) is 24.3 Å². The molecule has 0 atom stereocenters. The Morgan fingerprint density at radius 3 is 2.50 bits per heavy atom. The molecule has 134 valence electrons. The van der Waals surface area contributed by atoms with Gasteiger partial charge >= 0.3 is 5.97 Å². The summed E-state index contributed by atoms with van der Waals surface area (Å²) in [5.41, 5.74) is -0.178. The molecule has 1 heterocycles. The fourth-order valence-electron chi connectivity index (χ4n) is 2.56. The maximum atomic E-state index is 12.7. The molecule has 0 aliphatic carbocycles. The van der Waals surface area contributed by atoms with Gasteiger partial charge in [-0.2, -0.15) is 5.10 Å². The van der Waals surface area contributed by atoms with E-state index >= 15 is 0 Å². The van der Waals surface area contributed by atoms with E-state index in [1.165, 1.54) is 16.8 Å². The van der Waals surface area contributed by atoms with Crippen molar-refractivity contribution in [2.45, 2.75) is 20.4 Å². The molecule has 7 heteroatoms. The predicted molar refractivity (Wildman–Crippen MR) is 102 cm³/mol. The van der Waals surface area contributed by atoms with E-state index in [2.05, 4.69) is 5.10 Å². The fraction of sp³-hybridized carbons (Fsp3) is 0.211. The molecule has 0 aliphatic rings. The predicted octanol–water partition coefficient (Wildman–Crippen LogP) is 4.58. The smallest absolute Gasteiger partial charge is 0.364 e. The molecule has 0 bridgehead atoms. The SMILES string of the molecule is CC(C)Cn1nc(C(=O)Oc2ccc(Cl)cc2Cl)c2ccccc2c1=O. The minimum atomic E-state index is -0.692. The number of nitrogens with zero attached hydrogens (tertiary/aromatic N) is 2. The minimum Gasteiger partial charge on any atom is -0.420 e. The van der Waals surface area contributed by atoms with Gasteiger partial charge in [-0.15, -0.1) is 0 Å². The summed E-state index contributed by atoms with van der Waals surface area (Å²) in [4.78, 5) is 25.3. The topological polar surface area (TPSA) is 61.2 Å². The maximum absolute atomic E-state index is 12.7. The Hall–Kier alpha value is -2.37. The zero-order valence-corrected chi connectivity index (χ0v) is 15.7. The Balaban J connectivity index is 2.09. The largest absolute Gasteiger partial charge is 0.420 e. The molecular weight excluding hydrogens is 375 g/mol. The molecule has 26 heavy (non-hydrogen) atoms. The molecule has 0 saturated carbocycles. The number of ether oxygens (including phenoxy) is 1. The normalized spacial score (nSPS) is 11.1. The lowest BCUT2D eigenvalue weighted by Gasteiger charge is -2.12. The Morgan fingerprint density at radius 1 is 1.15 bits per heavy atom. The first-order valence-electron chi connectivity index (χ1n) is 8.04. The van der Waals surface area contributed by atoms with E-state index in [-0.39, 0.29) is 27.9 Å². The molecule has 0 radical (unpaired) electrons. The third-order valence-corrected chi connectivity index (χ3v) is 4.23. The van der Waals surface area contributed by atoms with Crippen LogP contribution in [-0.2, 0) is 6.54 Å². The number of hydrogen-bond acceptors (Lipinski definition) is 4. The average molecular weight is 391 g/mol. The molecule has 5 nitrogen and oxygen atoms in total.